The first-order chi connectivity index (χ1) is 15.8. The van der Waals surface area contributed by atoms with Crippen molar-refractivity contribution in [3.63, 3.8) is 0 Å². The highest BCUT2D eigenvalue weighted by atomic mass is 14.2. The lowest BCUT2D eigenvalue weighted by Gasteiger charge is -2.17. The molecule has 1 atom stereocenters. The fourth-order valence-electron chi connectivity index (χ4n) is 4.49. The van der Waals surface area contributed by atoms with Crippen LogP contribution >= 0.6 is 0 Å². The third-order valence-electron chi connectivity index (χ3n) is 6.46. The largest absolute Gasteiger partial charge is 0.0622 e. The van der Waals surface area contributed by atoms with E-state index in [1.807, 2.05) is 0 Å². The molecule has 1 unspecified atom stereocenters. The van der Waals surface area contributed by atoms with E-state index in [2.05, 4.69) is 115 Å². The van der Waals surface area contributed by atoms with Crippen molar-refractivity contribution >= 4 is 0 Å². The fourth-order valence-corrected chi connectivity index (χ4v) is 4.49. The summed E-state index contributed by atoms with van der Waals surface area (Å²) in [6.07, 6.45) is 8.20. The zero-order chi connectivity index (χ0) is 21.8. The molecule has 0 bridgehead atoms. The minimum Gasteiger partial charge on any atom is -0.0622 e. The lowest BCUT2D eigenvalue weighted by Crippen LogP contribution is -2.08. The Labute approximate surface area is 194 Å². The van der Waals surface area contributed by atoms with Gasteiger partial charge in [0.05, 0.1) is 0 Å². The molecule has 0 radical (unpaired) electrons. The second kappa shape index (κ2) is 12.1. The third-order valence-corrected chi connectivity index (χ3v) is 6.46. The van der Waals surface area contributed by atoms with Crippen LogP contribution in [0.1, 0.15) is 40.7 Å². The predicted octanol–water partition coefficient (Wildman–Crippen LogP) is 7.90. The molecule has 0 fully saturated rings. The number of hydrogen-bond donors (Lipinski definition) is 0. The van der Waals surface area contributed by atoms with E-state index < -0.39 is 0 Å². The molecule has 32 heavy (non-hydrogen) atoms. The van der Waals surface area contributed by atoms with Gasteiger partial charge in [-0.1, -0.05) is 115 Å². The summed E-state index contributed by atoms with van der Waals surface area (Å²) in [7, 11) is 0. The third kappa shape index (κ3) is 7.24. The van der Waals surface area contributed by atoms with Crippen molar-refractivity contribution < 1.29 is 0 Å². The number of aryl methyl sites for hydroxylation is 4. The van der Waals surface area contributed by atoms with Gasteiger partial charge in [0, 0.05) is 0 Å². The molecular formula is C32H34. The van der Waals surface area contributed by atoms with E-state index in [4.69, 9.17) is 0 Å². The molecule has 0 heteroatoms. The molecule has 0 aromatic heterocycles. The average molecular weight is 419 g/mol. The van der Waals surface area contributed by atoms with Crippen LogP contribution in [0.25, 0.3) is 0 Å². The second-order valence-electron chi connectivity index (χ2n) is 8.92. The molecular weight excluding hydrogens is 384 g/mol. The van der Waals surface area contributed by atoms with E-state index in [1.54, 1.807) is 0 Å². The summed E-state index contributed by atoms with van der Waals surface area (Å²) in [4.78, 5) is 0. The van der Waals surface area contributed by atoms with Gasteiger partial charge in [0.25, 0.3) is 0 Å². The summed E-state index contributed by atoms with van der Waals surface area (Å²) in [6, 6.07) is 42.0. The van der Waals surface area contributed by atoms with Gasteiger partial charge in [0.2, 0.25) is 0 Å². The minimum atomic E-state index is 0.704. The van der Waals surface area contributed by atoms with Crippen molar-refractivity contribution in [3.8, 4) is 0 Å². The molecule has 0 amide bonds. The highest BCUT2D eigenvalue weighted by Crippen LogP contribution is 2.22. The maximum absolute atomic E-state index is 2.34. The molecule has 0 spiro atoms. The Bertz CT molecular complexity index is 1020. The van der Waals surface area contributed by atoms with E-state index in [1.165, 1.54) is 47.1 Å². The summed E-state index contributed by atoms with van der Waals surface area (Å²) in [5.74, 6) is 0.704. The van der Waals surface area contributed by atoms with E-state index in [-0.39, 0.29) is 0 Å². The SMILES string of the molecule is c1ccc(CCc2ccc(CCC(CCc3ccccc3)Cc3ccccc3)cc2)cc1. The molecule has 0 aliphatic rings. The standard InChI is InChI=1S/C32H34/c1-4-10-27(11-5-1)16-17-29-18-20-30(21-19-29)23-25-32(26-31-14-8-3-9-15-31)24-22-28-12-6-2-7-13-28/h1-15,18-21,32H,16-17,22-26H2. The summed E-state index contributed by atoms with van der Waals surface area (Å²) in [5.41, 5.74) is 7.22. The van der Waals surface area contributed by atoms with E-state index >= 15 is 0 Å². The summed E-state index contributed by atoms with van der Waals surface area (Å²) < 4.78 is 0. The number of benzene rings is 4. The molecule has 0 heterocycles. The van der Waals surface area contributed by atoms with Gasteiger partial charge in [0.1, 0.15) is 0 Å². The normalized spacial score (nSPS) is 11.9. The van der Waals surface area contributed by atoms with Crippen LogP contribution in [0.4, 0.5) is 0 Å². The van der Waals surface area contributed by atoms with Crippen LogP contribution in [0.15, 0.2) is 115 Å². The molecule has 0 aliphatic heterocycles. The van der Waals surface area contributed by atoms with Crippen LogP contribution in [0.3, 0.4) is 0 Å². The Kier molecular flexibility index (Phi) is 8.32. The van der Waals surface area contributed by atoms with Crippen LogP contribution < -0.4 is 0 Å². The van der Waals surface area contributed by atoms with Crippen molar-refractivity contribution in [1.29, 1.82) is 0 Å². The van der Waals surface area contributed by atoms with Crippen molar-refractivity contribution in [2.24, 2.45) is 5.92 Å². The molecule has 4 rings (SSSR count). The van der Waals surface area contributed by atoms with Gasteiger partial charge in [-0.05, 0) is 78.7 Å². The number of rotatable bonds is 11. The average Bonchev–Trinajstić information content (AvgIpc) is 2.87. The van der Waals surface area contributed by atoms with Crippen LogP contribution in [0.2, 0.25) is 0 Å². The smallest absolute Gasteiger partial charge is 0.0238 e. The minimum absolute atomic E-state index is 0.704. The predicted molar refractivity (Wildman–Crippen MR) is 137 cm³/mol. The van der Waals surface area contributed by atoms with Crippen molar-refractivity contribution in [1.82, 2.24) is 0 Å². The van der Waals surface area contributed by atoms with Crippen LogP contribution in [-0.4, -0.2) is 0 Å². The first-order valence-corrected chi connectivity index (χ1v) is 12.0. The molecule has 0 N–H and O–H groups in total. The van der Waals surface area contributed by atoms with Gasteiger partial charge in [-0.3, -0.25) is 0 Å². The quantitative estimate of drug-likeness (QED) is 0.232. The van der Waals surface area contributed by atoms with Crippen molar-refractivity contribution in [2.75, 3.05) is 0 Å². The van der Waals surface area contributed by atoms with E-state index in [0.29, 0.717) is 5.92 Å². The Morgan fingerprint density at radius 3 is 1.16 bits per heavy atom. The first-order valence-electron chi connectivity index (χ1n) is 12.0. The van der Waals surface area contributed by atoms with Crippen LogP contribution in [0, 0.1) is 5.92 Å². The Balaban J connectivity index is 1.32. The molecule has 162 valence electrons. The first kappa shape index (κ1) is 22.1. The zero-order valence-corrected chi connectivity index (χ0v) is 19.0. The summed E-state index contributed by atoms with van der Waals surface area (Å²) in [6.45, 7) is 0. The number of hydrogen-bond acceptors (Lipinski definition) is 0. The van der Waals surface area contributed by atoms with E-state index in [9.17, 15) is 0 Å². The molecule has 0 nitrogen and oxygen atoms in total. The Morgan fingerprint density at radius 2 is 0.688 bits per heavy atom. The molecule has 0 saturated heterocycles. The van der Waals surface area contributed by atoms with E-state index in [0.717, 1.165) is 25.7 Å². The highest BCUT2D eigenvalue weighted by Gasteiger charge is 2.11. The fraction of sp³-hybridized carbons (Fsp3) is 0.250. The zero-order valence-electron chi connectivity index (χ0n) is 19.0. The van der Waals surface area contributed by atoms with Gasteiger partial charge in [-0.25, -0.2) is 0 Å². The maximum atomic E-state index is 2.34. The topological polar surface area (TPSA) is 0 Å². The molecule has 0 aliphatic carbocycles. The van der Waals surface area contributed by atoms with Gasteiger partial charge < -0.3 is 0 Å². The molecule has 0 saturated carbocycles. The lowest BCUT2D eigenvalue weighted by molar-refractivity contribution is 0.448. The lowest BCUT2D eigenvalue weighted by atomic mass is 9.88. The van der Waals surface area contributed by atoms with Gasteiger partial charge in [0.15, 0.2) is 0 Å². The molecule has 4 aromatic carbocycles. The Morgan fingerprint density at radius 1 is 0.344 bits per heavy atom. The van der Waals surface area contributed by atoms with Gasteiger partial charge >= 0.3 is 0 Å². The summed E-state index contributed by atoms with van der Waals surface area (Å²) in [5, 5.41) is 0. The Hall–Kier alpha value is -3.12. The van der Waals surface area contributed by atoms with Crippen molar-refractivity contribution in [3.05, 3.63) is 143 Å². The summed E-state index contributed by atoms with van der Waals surface area (Å²) >= 11 is 0. The van der Waals surface area contributed by atoms with Gasteiger partial charge in [-0.15, -0.1) is 0 Å². The van der Waals surface area contributed by atoms with Crippen LogP contribution in [0.5, 0.6) is 0 Å². The van der Waals surface area contributed by atoms with Crippen LogP contribution in [-0.2, 0) is 32.1 Å². The second-order valence-corrected chi connectivity index (χ2v) is 8.92. The monoisotopic (exact) mass is 418 g/mol. The van der Waals surface area contributed by atoms with Crippen molar-refractivity contribution in [2.45, 2.75) is 44.9 Å². The maximum Gasteiger partial charge on any atom is -0.0238 e. The highest BCUT2D eigenvalue weighted by molar-refractivity contribution is 5.25. The molecule has 4 aromatic rings. The van der Waals surface area contributed by atoms with Gasteiger partial charge in [-0.2, -0.15) is 0 Å².